The summed E-state index contributed by atoms with van der Waals surface area (Å²) in [5.74, 6) is -1.13. The highest BCUT2D eigenvalue weighted by molar-refractivity contribution is 7.90. The van der Waals surface area contributed by atoms with Crippen LogP contribution in [0.15, 0.2) is 29.4 Å². The van der Waals surface area contributed by atoms with Crippen LogP contribution in [0.3, 0.4) is 0 Å². The molecular formula is C17H19FN6O6S. The Morgan fingerprint density at radius 3 is 2.45 bits per heavy atom. The van der Waals surface area contributed by atoms with Crippen LogP contribution in [0.4, 0.5) is 15.1 Å². The number of rotatable bonds is 8. The maximum atomic E-state index is 14.4. The number of hydrogen-bond donors (Lipinski definition) is 2. The fourth-order valence-corrected chi connectivity index (χ4v) is 3.55. The molecule has 0 saturated carbocycles. The number of nitrogens with zero attached hydrogens (tertiary/aromatic N) is 4. The summed E-state index contributed by atoms with van der Waals surface area (Å²) in [6.45, 7) is 2.28. The number of sulfonamides is 1. The van der Waals surface area contributed by atoms with Gasteiger partial charge in [-0.25, -0.2) is 9.52 Å². The van der Waals surface area contributed by atoms with Gasteiger partial charge in [0.15, 0.2) is 0 Å². The monoisotopic (exact) mass is 454 g/mol. The van der Waals surface area contributed by atoms with Gasteiger partial charge in [0, 0.05) is 0 Å². The van der Waals surface area contributed by atoms with E-state index in [0.717, 1.165) is 10.8 Å². The molecule has 0 aliphatic rings. The average molecular weight is 454 g/mol. The SMILES string of the molecule is CCCOc1ccc2nc(F)c(S(=O)(=O)NC(=O)Nc3nc(OC)cc(OC)n3)n2c1. The molecule has 31 heavy (non-hydrogen) atoms. The number of pyridine rings is 1. The second kappa shape index (κ2) is 8.99. The Morgan fingerprint density at radius 2 is 1.84 bits per heavy atom. The van der Waals surface area contributed by atoms with Gasteiger partial charge in [-0.2, -0.15) is 27.8 Å². The molecule has 3 aromatic heterocycles. The summed E-state index contributed by atoms with van der Waals surface area (Å²) >= 11 is 0. The van der Waals surface area contributed by atoms with Crippen LogP contribution in [-0.2, 0) is 10.0 Å². The van der Waals surface area contributed by atoms with Gasteiger partial charge in [-0.05, 0) is 18.6 Å². The van der Waals surface area contributed by atoms with Crippen LogP contribution in [0.25, 0.3) is 5.65 Å². The number of amides is 2. The highest BCUT2D eigenvalue weighted by Crippen LogP contribution is 2.21. The van der Waals surface area contributed by atoms with E-state index >= 15 is 0 Å². The lowest BCUT2D eigenvalue weighted by atomic mass is 10.4. The predicted molar refractivity (Wildman–Crippen MR) is 105 cm³/mol. The normalized spacial score (nSPS) is 11.2. The first-order chi connectivity index (χ1) is 14.8. The Morgan fingerprint density at radius 1 is 1.16 bits per heavy atom. The lowest BCUT2D eigenvalue weighted by Crippen LogP contribution is -2.36. The van der Waals surface area contributed by atoms with Crippen molar-refractivity contribution in [2.24, 2.45) is 0 Å². The van der Waals surface area contributed by atoms with Gasteiger partial charge in [0.1, 0.15) is 11.4 Å². The average Bonchev–Trinajstić information content (AvgIpc) is 3.07. The van der Waals surface area contributed by atoms with E-state index in [4.69, 9.17) is 14.2 Å². The van der Waals surface area contributed by atoms with Crippen LogP contribution in [0.2, 0.25) is 0 Å². The smallest absolute Gasteiger partial charge is 0.335 e. The molecule has 3 aromatic rings. The van der Waals surface area contributed by atoms with Crippen LogP contribution >= 0.6 is 0 Å². The van der Waals surface area contributed by atoms with Crippen molar-refractivity contribution < 1.29 is 31.8 Å². The van der Waals surface area contributed by atoms with E-state index in [-0.39, 0.29) is 23.4 Å². The van der Waals surface area contributed by atoms with Crippen molar-refractivity contribution in [2.45, 2.75) is 18.4 Å². The van der Waals surface area contributed by atoms with E-state index in [0.29, 0.717) is 12.4 Å². The zero-order valence-electron chi connectivity index (χ0n) is 16.7. The minimum Gasteiger partial charge on any atom is -0.492 e. The van der Waals surface area contributed by atoms with Crippen molar-refractivity contribution in [3.05, 3.63) is 30.3 Å². The molecule has 0 radical (unpaired) electrons. The van der Waals surface area contributed by atoms with Gasteiger partial charge in [0.25, 0.3) is 16.0 Å². The number of hydrogen-bond acceptors (Lipinski definition) is 9. The van der Waals surface area contributed by atoms with Crippen molar-refractivity contribution in [3.63, 3.8) is 0 Å². The topological polar surface area (TPSA) is 146 Å². The highest BCUT2D eigenvalue weighted by Gasteiger charge is 2.28. The standard InChI is InChI=1S/C17H19FN6O6S/c1-4-7-30-10-5-6-11-19-14(18)15(24(11)9-10)31(26,27)23-17(25)22-16-20-12(28-2)8-13(21-16)29-3/h5-6,8-9H,4,7H2,1-3H3,(H2,20,21,22,23,25). The van der Waals surface area contributed by atoms with Gasteiger partial charge in [-0.3, -0.25) is 9.72 Å². The molecule has 0 saturated heterocycles. The highest BCUT2D eigenvalue weighted by atomic mass is 32.2. The largest absolute Gasteiger partial charge is 0.492 e. The summed E-state index contributed by atoms with van der Waals surface area (Å²) in [7, 11) is -2.00. The molecule has 0 bridgehead atoms. The molecule has 0 atom stereocenters. The van der Waals surface area contributed by atoms with E-state index in [9.17, 15) is 17.6 Å². The number of urea groups is 1. The zero-order valence-corrected chi connectivity index (χ0v) is 17.6. The molecule has 0 aliphatic carbocycles. The summed E-state index contributed by atoms with van der Waals surface area (Å²) in [6, 6.07) is 3.04. The van der Waals surface area contributed by atoms with Crippen molar-refractivity contribution in [3.8, 4) is 17.5 Å². The molecule has 0 aliphatic heterocycles. The number of anilines is 1. The molecule has 0 unspecified atom stereocenters. The van der Waals surface area contributed by atoms with Gasteiger partial charge >= 0.3 is 6.03 Å². The van der Waals surface area contributed by atoms with Crippen LogP contribution in [0, 0.1) is 5.95 Å². The van der Waals surface area contributed by atoms with Crippen molar-refractivity contribution in [2.75, 3.05) is 26.1 Å². The summed E-state index contributed by atoms with van der Waals surface area (Å²) < 4.78 is 57.8. The Bertz CT molecular complexity index is 1190. The second-order valence-electron chi connectivity index (χ2n) is 5.99. The summed E-state index contributed by atoms with van der Waals surface area (Å²) in [4.78, 5) is 23.5. The van der Waals surface area contributed by atoms with Crippen LogP contribution in [0.1, 0.15) is 13.3 Å². The maximum Gasteiger partial charge on any atom is 0.335 e. The molecule has 14 heteroatoms. The number of imidazole rings is 1. The van der Waals surface area contributed by atoms with Crippen LogP contribution in [-0.4, -0.2) is 54.6 Å². The summed E-state index contributed by atoms with van der Waals surface area (Å²) in [5, 5.41) is 1.27. The number of carbonyl (C=O) groups is 1. The molecule has 0 spiro atoms. The van der Waals surface area contributed by atoms with Crippen molar-refractivity contribution in [1.82, 2.24) is 24.1 Å². The van der Waals surface area contributed by atoms with E-state index in [2.05, 4.69) is 20.3 Å². The Balaban J connectivity index is 1.87. The third-order valence-corrected chi connectivity index (χ3v) is 5.11. The second-order valence-corrected chi connectivity index (χ2v) is 7.58. The number of aromatic nitrogens is 4. The number of nitrogens with one attached hydrogen (secondary N) is 2. The van der Waals surface area contributed by atoms with E-state index in [1.807, 2.05) is 6.92 Å². The van der Waals surface area contributed by atoms with E-state index < -0.39 is 27.0 Å². The predicted octanol–water partition coefficient (Wildman–Crippen LogP) is 1.58. The quantitative estimate of drug-likeness (QED) is 0.518. The van der Waals surface area contributed by atoms with Gasteiger partial charge < -0.3 is 14.2 Å². The Kier molecular flexibility index (Phi) is 6.39. The molecule has 3 heterocycles. The fourth-order valence-electron chi connectivity index (χ4n) is 2.49. The zero-order chi connectivity index (χ0) is 22.6. The molecule has 0 aromatic carbocycles. The maximum absolute atomic E-state index is 14.4. The van der Waals surface area contributed by atoms with Gasteiger partial charge in [-0.15, -0.1) is 0 Å². The Hall–Kier alpha value is -3.68. The lowest BCUT2D eigenvalue weighted by molar-refractivity contribution is 0.256. The van der Waals surface area contributed by atoms with Crippen LogP contribution < -0.4 is 24.2 Å². The number of methoxy groups -OCH3 is 2. The first-order valence-electron chi connectivity index (χ1n) is 8.88. The molecule has 12 nitrogen and oxygen atoms in total. The number of carbonyl (C=O) groups excluding carboxylic acids is 1. The van der Waals surface area contributed by atoms with Gasteiger partial charge in [0.2, 0.25) is 22.7 Å². The lowest BCUT2D eigenvalue weighted by Gasteiger charge is -2.10. The molecule has 2 amide bonds. The molecule has 2 N–H and O–H groups in total. The van der Waals surface area contributed by atoms with Crippen LogP contribution in [0.5, 0.6) is 17.5 Å². The summed E-state index contributed by atoms with van der Waals surface area (Å²) in [6.07, 6.45) is 1.99. The minimum absolute atomic E-state index is 0.0167. The summed E-state index contributed by atoms with van der Waals surface area (Å²) in [5.41, 5.74) is 0.0167. The molecule has 3 rings (SSSR count). The third kappa shape index (κ3) is 4.91. The van der Waals surface area contributed by atoms with Crippen molar-refractivity contribution in [1.29, 1.82) is 0 Å². The minimum atomic E-state index is -4.67. The molecule has 0 fully saturated rings. The fraction of sp³-hybridized carbons (Fsp3) is 0.294. The van der Waals surface area contributed by atoms with Gasteiger partial charge in [-0.1, -0.05) is 6.92 Å². The number of ether oxygens (including phenoxy) is 3. The third-order valence-electron chi connectivity index (χ3n) is 3.79. The molecule has 166 valence electrons. The van der Waals surface area contributed by atoms with E-state index in [1.54, 1.807) is 4.72 Å². The van der Waals surface area contributed by atoms with E-state index in [1.165, 1.54) is 38.6 Å². The number of fused-ring (bicyclic) bond motifs is 1. The van der Waals surface area contributed by atoms with Gasteiger partial charge in [0.05, 0.1) is 33.1 Å². The first-order valence-corrected chi connectivity index (χ1v) is 10.4. The van der Waals surface area contributed by atoms with Crippen molar-refractivity contribution >= 4 is 27.6 Å². The molecular weight excluding hydrogens is 435 g/mol. The Labute approximate surface area is 176 Å². The number of halogens is 1. The first kappa shape index (κ1) is 22.0.